The molecule has 9 heteroatoms. The molecule has 1 atom stereocenters. The van der Waals surface area contributed by atoms with Crippen molar-refractivity contribution in [3.05, 3.63) is 90.1 Å². The molecular formula is C25H22F2N4O2S. The Morgan fingerprint density at radius 3 is 2.50 bits per heavy atom. The summed E-state index contributed by atoms with van der Waals surface area (Å²) < 4.78 is 45.6. The molecule has 6 nitrogen and oxygen atoms in total. The van der Waals surface area contributed by atoms with Gasteiger partial charge in [-0.2, -0.15) is 0 Å². The molecule has 0 saturated heterocycles. The van der Waals surface area contributed by atoms with E-state index in [4.69, 9.17) is 0 Å². The highest BCUT2D eigenvalue weighted by Crippen LogP contribution is 2.32. The predicted molar refractivity (Wildman–Crippen MR) is 132 cm³/mol. The zero-order valence-electron chi connectivity index (χ0n) is 18.5. The third-order valence-corrected chi connectivity index (χ3v) is 6.51. The van der Waals surface area contributed by atoms with Gasteiger partial charge in [0.05, 0.1) is 11.4 Å². The number of fused-ring (bicyclic) bond motifs is 1. The fourth-order valence-corrected chi connectivity index (χ4v) is 4.42. The lowest BCUT2D eigenvalue weighted by molar-refractivity contribution is 0.102. The smallest absolute Gasteiger partial charge is 0.255 e. The van der Waals surface area contributed by atoms with Crippen molar-refractivity contribution >= 4 is 39.2 Å². The minimum atomic E-state index is -1.40. The highest BCUT2D eigenvalue weighted by molar-refractivity contribution is 7.84. The van der Waals surface area contributed by atoms with Crippen molar-refractivity contribution in [3.8, 4) is 11.3 Å². The summed E-state index contributed by atoms with van der Waals surface area (Å²) in [4.78, 5) is 17.0. The number of pyridine rings is 1. The van der Waals surface area contributed by atoms with Crippen LogP contribution in [-0.4, -0.2) is 28.7 Å². The third kappa shape index (κ3) is 4.66. The van der Waals surface area contributed by atoms with Crippen LogP contribution in [0.1, 0.15) is 17.3 Å². The molecule has 0 aliphatic rings. The van der Waals surface area contributed by atoms with Crippen LogP contribution in [0, 0.1) is 11.6 Å². The standard InChI is InChI=1S/C25H22F2N4O2S/c1-3-31(34(33)28-2)19-10-8-17(9-11-19)25(32)30-18-14-21(23(27)22(26)15-18)24-20-7-5-4-6-16(20)12-13-29-24/h4-15,28H,3H2,1-2H3,(H,30,32). The van der Waals surface area contributed by atoms with Gasteiger partial charge in [-0.05, 0) is 55.8 Å². The average Bonchev–Trinajstić information content (AvgIpc) is 2.86. The average molecular weight is 481 g/mol. The number of hydrogen-bond donors (Lipinski definition) is 2. The van der Waals surface area contributed by atoms with Gasteiger partial charge in [-0.15, -0.1) is 0 Å². The van der Waals surface area contributed by atoms with Gasteiger partial charge < -0.3 is 5.32 Å². The molecule has 174 valence electrons. The first kappa shape index (κ1) is 23.5. The summed E-state index contributed by atoms with van der Waals surface area (Å²) in [6.07, 6.45) is 1.53. The van der Waals surface area contributed by atoms with E-state index in [0.717, 1.165) is 11.5 Å². The summed E-state index contributed by atoms with van der Waals surface area (Å²) in [7, 11) is 1.59. The Balaban J connectivity index is 1.63. The lowest BCUT2D eigenvalue weighted by atomic mass is 10.0. The molecule has 0 radical (unpaired) electrons. The first-order valence-corrected chi connectivity index (χ1v) is 11.6. The fourth-order valence-electron chi connectivity index (χ4n) is 3.66. The minimum Gasteiger partial charge on any atom is -0.322 e. The molecule has 1 heterocycles. The molecule has 1 amide bonds. The van der Waals surface area contributed by atoms with Crippen LogP contribution in [0.3, 0.4) is 0 Å². The molecule has 3 aromatic carbocycles. The number of rotatable bonds is 7. The summed E-state index contributed by atoms with van der Waals surface area (Å²) in [5.74, 6) is -2.62. The molecule has 0 spiro atoms. The van der Waals surface area contributed by atoms with E-state index >= 15 is 0 Å². The van der Waals surface area contributed by atoms with Crippen molar-refractivity contribution in [2.24, 2.45) is 0 Å². The van der Waals surface area contributed by atoms with Crippen LogP contribution in [0.4, 0.5) is 20.2 Å². The first-order chi connectivity index (χ1) is 16.4. The Bertz CT molecular complexity index is 1370. The van der Waals surface area contributed by atoms with Crippen LogP contribution in [0.2, 0.25) is 0 Å². The first-order valence-electron chi connectivity index (χ1n) is 10.5. The lowest BCUT2D eigenvalue weighted by Gasteiger charge is -2.20. The molecule has 0 aliphatic carbocycles. The number of aromatic nitrogens is 1. The molecular weight excluding hydrogens is 458 g/mol. The van der Waals surface area contributed by atoms with Gasteiger partial charge in [0.1, 0.15) is 0 Å². The monoisotopic (exact) mass is 480 g/mol. The second kappa shape index (κ2) is 10.1. The van der Waals surface area contributed by atoms with Crippen LogP contribution in [0.15, 0.2) is 72.9 Å². The minimum absolute atomic E-state index is 0.0458. The quantitative estimate of drug-likeness (QED) is 0.389. The fraction of sp³-hybridized carbons (Fsp3) is 0.120. The summed E-state index contributed by atoms with van der Waals surface area (Å²) in [6, 6.07) is 17.9. The second-order valence-electron chi connectivity index (χ2n) is 7.35. The number of hydrogen-bond acceptors (Lipinski definition) is 3. The highest BCUT2D eigenvalue weighted by Gasteiger charge is 2.18. The molecule has 34 heavy (non-hydrogen) atoms. The van der Waals surface area contributed by atoms with E-state index in [1.807, 2.05) is 19.1 Å². The van der Waals surface area contributed by atoms with Crippen LogP contribution in [0.25, 0.3) is 22.0 Å². The number of halogens is 2. The van der Waals surface area contributed by atoms with E-state index in [1.165, 1.54) is 12.3 Å². The number of amides is 1. The van der Waals surface area contributed by atoms with Crippen molar-refractivity contribution in [1.82, 2.24) is 9.71 Å². The molecule has 0 fully saturated rings. The Hall–Kier alpha value is -3.69. The van der Waals surface area contributed by atoms with E-state index in [-0.39, 0.29) is 16.9 Å². The van der Waals surface area contributed by atoms with Crippen LogP contribution in [-0.2, 0) is 11.2 Å². The van der Waals surface area contributed by atoms with E-state index in [2.05, 4.69) is 15.0 Å². The van der Waals surface area contributed by atoms with Gasteiger partial charge in [0.15, 0.2) is 22.8 Å². The number of carbonyl (C=O) groups excluding carboxylic acids is 1. The number of benzene rings is 3. The van der Waals surface area contributed by atoms with Gasteiger partial charge in [0, 0.05) is 41.0 Å². The van der Waals surface area contributed by atoms with Crippen LogP contribution >= 0.6 is 0 Å². The van der Waals surface area contributed by atoms with Crippen molar-refractivity contribution < 1.29 is 17.8 Å². The molecule has 2 N–H and O–H groups in total. The van der Waals surface area contributed by atoms with E-state index < -0.39 is 28.7 Å². The maximum atomic E-state index is 14.7. The lowest BCUT2D eigenvalue weighted by Crippen LogP contribution is -2.33. The number of anilines is 2. The SMILES string of the molecule is CCN(c1ccc(C(=O)Nc2cc(F)c(F)c(-c3nccc4ccccc34)c2)cc1)S(=O)NC. The predicted octanol–water partition coefficient (Wildman–Crippen LogP) is 5.06. The maximum absolute atomic E-state index is 14.7. The maximum Gasteiger partial charge on any atom is 0.255 e. The van der Waals surface area contributed by atoms with E-state index in [0.29, 0.717) is 23.2 Å². The van der Waals surface area contributed by atoms with Gasteiger partial charge in [0.25, 0.3) is 5.91 Å². The Morgan fingerprint density at radius 2 is 1.79 bits per heavy atom. The van der Waals surface area contributed by atoms with Crippen LogP contribution < -0.4 is 14.3 Å². The summed E-state index contributed by atoms with van der Waals surface area (Å²) in [5, 5.41) is 4.13. The van der Waals surface area contributed by atoms with Crippen molar-refractivity contribution in [1.29, 1.82) is 0 Å². The molecule has 0 bridgehead atoms. The molecule has 4 aromatic rings. The van der Waals surface area contributed by atoms with Gasteiger partial charge in [-0.1, -0.05) is 24.3 Å². The Kier molecular flexibility index (Phi) is 6.95. The molecule has 0 aliphatic heterocycles. The van der Waals surface area contributed by atoms with Crippen molar-refractivity contribution in [2.75, 3.05) is 23.2 Å². The zero-order valence-corrected chi connectivity index (χ0v) is 19.3. The second-order valence-corrected chi connectivity index (χ2v) is 8.70. The summed E-state index contributed by atoms with van der Waals surface area (Å²) in [6.45, 7) is 2.36. The van der Waals surface area contributed by atoms with Gasteiger partial charge in [-0.25, -0.2) is 17.7 Å². The third-order valence-electron chi connectivity index (χ3n) is 5.29. The topological polar surface area (TPSA) is 74.3 Å². The van der Waals surface area contributed by atoms with Crippen LogP contribution in [0.5, 0.6) is 0 Å². The zero-order chi connectivity index (χ0) is 24.2. The van der Waals surface area contributed by atoms with Gasteiger partial charge in [-0.3, -0.25) is 14.1 Å². The molecule has 4 rings (SSSR count). The highest BCUT2D eigenvalue weighted by atomic mass is 32.2. The Morgan fingerprint density at radius 1 is 1.06 bits per heavy atom. The molecule has 0 saturated carbocycles. The van der Waals surface area contributed by atoms with E-state index in [9.17, 15) is 17.8 Å². The Labute approximate surface area is 198 Å². The number of nitrogens with zero attached hydrogens (tertiary/aromatic N) is 2. The number of nitrogens with one attached hydrogen (secondary N) is 2. The molecule has 1 unspecified atom stereocenters. The summed E-state index contributed by atoms with van der Waals surface area (Å²) >= 11 is -1.40. The molecule has 1 aromatic heterocycles. The normalized spacial score (nSPS) is 11.9. The summed E-state index contributed by atoms with van der Waals surface area (Å²) in [5.41, 5.74) is 1.32. The van der Waals surface area contributed by atoms with E-state index in [1.54, 1.807) is 53.8 Å². The number of carbonyl (C=O) groups is 1. The van der Waals surface area contributed by atoms with Gasteiger partial charge >= 0.3 is 0 Å². The van der Waals surface area contributed by atoms with Crippen molar-refractivity contribution in [2.45, 2.75) is 6.92 Å². The van der Waals surface area contributed by atoms with Gasteiger partial charge in [0.2, 0.25) is 0 Å². The van der Waals surface area contributed by atoms with Crippen molar-refractivity contribution in [3.63, 3.8) is 0 Å². The largest absolute Gasteiger partial charge is 0.322 e.